The average molecular weight is 413 g/mol. The van der Waals surface area contributed by atoms with E-state index in [-0.39, 0.29) is 11.6 Å². The monoisotopic (exact) mass is 413 g/mol. The van der Waals surface area contributed by atoms with Crippen molar-refractivity contribution in [1.29, 1.82) is 0 Å². The van der Waals surface area contributed by atoms with Gasteiger partial charge in [0.05, 0.1) is 24.0 Å². The zero-order valence-corrected chi connectivity index (χ0v) is 17.1. The van der Waals surface area contributed by atoms with Crippen LogP contribution >= 0.6 is 0 Å². The van der Waals surface area contributed by atoms with E-state index >= 15 is 0 Å². The van der Waals surface area contributed by atoms with Gasteiger partial charge in [0.2, 0.25) is 0 Å². The fourth-order valence-corrected chi connectivity index (χ4v) is 4.08. The number of nitrogens with one attached hydrogen (secondary N) is 1. The molecule has 3 aromatic heterocycles. The third-order valence-corrected chi connectivity index (χ3v) is 5.66. The van der Waals surface area contributed by atoms with Crippen LogP contribution in [-0.2, 0) is 6.54 Å². The predicted octanol–water partition coefficient (Wildman–Crippen LogP) is 4.65. The van der Waals surface area contributed by atoms with Gasteiger partial charge >= 0.3 is 0 Å². The van der Waals surface area contributed by atoms with Crippen molar-refractivity contribution in [3.05, 3.63) is 78.4 Å². The van der Waals surface area contributed by atoms with Gasteiger partial charge in [0, 0.05) is 29.6 Å². The van der Waals surface area contributed by atoms with Gasteiger partial charge in [-0.05, 0) is 31.0 Å². The normalized spacial score (nSPS) is 14.1. The van der Waals surface area contributed by atoms with E-state index in [1.54, 1.807) is 18.5 Å². The number of hydrogen-bond donors (Lipinski definition) is 1. The Morgan fingerprint density at radius 2 is 1.81 bits per heavy atom. The quantitative estimate of drug-likeness (QED) is 0.497. The molecule has 4 aromatic rings. The second kappa shape index (κ2) is 8.55. The number of carbonyl (C=O) groups is 1. The molecule has 7 heteroatoms. The van der Waals surface area contributed by atoms with E-state index in [1.807, 2.05) is 48.5 Å². The minimum absolute atomic E-state index is 0.253. The Balaban J connectivity index is 1.32. The smallest absolute Gasteiger partial charge is 0.273 e. The lowest BCUT2D eigenvalue weighted by atomic mass is 10.1. The van der Waals surface area contributed by atoms with Gasteiger partial charge in [-0.2, -0.15) is 5.10 Å². The minimum atomic E-state index is -0.285. The summed E-state index contributed by atoms with van der Waals surface area (Å²) >= 11 is 0. The standard InChI is InChI=1S/C24H23N5O2/c30-24(21-15-23(31-28-21)18-6-2-1-3-7-18)26-16-19-14-22(17-10-12-25-13-11-17)29(27-19)20-8-4-5-9-20/h1-3,6-7,10-15,20H,4-5,8-9,16H2,(H,26,30). The number of carbonyl (C=O) groups excluding carboxylic acids is 1. The van der Waals surface area contributed by atoms with E-state index in [0.717, 1.165) is 35.4 Å². The number of benzene rings is 1. The summed E-state index contributed by atoms with van der Waals surface area (Å²) in [6, 6.07) is 17.7. The molecule has 0 saturated heterocycles. The summed E-state index contributed by atoms with van der Waals surface area (Å²) in [5, 5.41) is 11.7. The van der Waals surface area contributed by atoms with Crippen molar-refractivity contribution in [2.24, 2.45) is 0 Å². The highest BCUT2D eigenvalue weighted by Crippen LogP contribution is 2.33. The molecule has 1 amide bonds. The Bertz CT molecular complexity index is 1160. The fraction of sp³-hybridized carbons (Fsp3) is 0.250. The highest BCUT2D eigenvalue weighted by atomic mass is 16.5. The summed E-state index contributed by atoms with van der Waals surface area (Å²) < 4.78 is 7.45. The van der Waals surface area contributed by atoms with Crippen molar-refractivity contribution in [1.82, 2.24) is 25.2 Å². The number of rotatable bonds is 6. The van der Waals surface area contributed by atoms with Crippen LogP contribution in [-0.4, -0.2) is 25.8 Å². The molecule has 7 nitrogen and oxygen atoms in total. The van der Waals surface area contributed by atoms with Gasteiger partial charge in [-0.3, -0.25) is 14.5 Å². The van der Waals surface area contributed by atoms with Gasteiger partial charge in [0.15, 0.2) is 11.5 Å². The highest BCUT2D eigenvalue weighted by molar-refractivity contribution is 5.93. The number of hydrogen-bond acceptors (Lipinski definition) is 5. The lowest BCUT2D eigenvalue weighted by molar-refractivity contribution is 0.0941. The number of nitrogens with zero attached hydrogens (tertiary/aromatic N) is 4. The van der Waals surface area contributed by atoms with Gasteiger partial charge in [0.25, 0.3) is 5.91 Å². The van der Waals surface area contributed by atoms with Crippen LogP contribution in [0.3, 0.4) is 0 Å². The van der Waals surface area contributed by atoms with Crippen LogP contribution in [0, 0.1) is 0 Å². The molecule has 3 heterocycles. The zero-order valence-electron chi connectivity index (χ0n) is 17.1. The van der Waals surface area contributed by atoms with E-state index in [4.69, 9.17) is 9.62 Å². The van der Waals surface area contributed by atoms with Gasteiger partial charge in [-0.15, -0.1) is 0 Å². The molecule has 31 heavy (non-hydrogen) atoms. The van der Waals surface area contributed by atoms with E-state index in [1.165, 1.54) is 12.8 Å². The molecule has 0 aliphatic heterocycles. The second-order valence-corrected chi connectivity index (χ2v) is 7.76. The summed E-state index contributed by atoms with van der Waals surface area (Å²) in [6.07, 6.45) is 8.29. The van der Waals surface area contributed by atoms with Crippen LogP contribution in [0.15, 0.2) is 71.5 Å². The largest absolute Gasteiger partial charge is 0.355 e. The molecule has 1 aliphatic carbocycles. The van der Waals surface area contributed by atoms with Crippen molar-refractivity contribution >= 4 is 5.91 Å². The molecule has 0 bridgehead atoms. The van der Waals surface area contributed by atoms with E-state index < -0.39 is 0 Å². The van der Waals surface area contributed by atoms with Crippen LogP contribution < -0.4 is 5.32 Å². The van der Waals surface area contributed by atoms with E-state index in [0.29, 0.717) is 18.3 Å². The molecular formula is C24H23N5O2. The van der Waals surface area contributed by atoms with Crippen LogP contribution in [0.1, 0.15) is 47.9 Å². The molecule has 1 aliphatic rings. The second-order valence-electron chi connectivity index (χ2n) is 7.76. The molecule has 0 unspecified atom stereocenters. The molecule has 156 valence electrons. The number of pyridine rings is 1. The molecular weight excluding hydrogens is 390 g/mol. The van der Waals surface area contributed by atoms with Crippen LogP contribution in [0.25, 0.3) is 22.6 Å². The molecule has 1 N–H and O–H groups in total. The van der Waals surface area contributed by atoms with Gasteiger partial charge in [-0.1, -0.05) is 48.3 Å². The van der Waals surface area contributed by atoms with Gasteiger partial charge in [0.1, 0.15) is 0 Å². The Labute approximate surface area is 180 Å². The first kappa shape index (κ1) is 19.2. The maximum absolute atomic E-state index is 12.6. The molecule has 1 fully saturated rings. The maximum atomic E-state index is 12.6. The van der Waals surface area contributed by atoms with Crippen LogP contribution in [0.4, 0.5) is 0 Å². The summed E-state index contributed by atoms with van der Waals surface area (Å²) in [7, 11) is 0. The SMILES string of the molecule is O=C(NCc1cc(-c2ccncc2)n(C2CCCC2)n1)c1cc(-c2ccccc2)on1. The van der Waals surface area contributed by atoms with Crippen molar-refractivity contribution in [3.8, 4) is 22.6 Å². The minimum Gasteiger partial charge on any atom is -0.355 e. The number of amides is 1. The lowest BCUT2D eigenvalue weighted by Gasteiger charge is -2.14. The Morgan fingerprint density at radius 3 is 2.58 bits per heavy atom. The summed E-state index contributed by atoms with van der Waals surface area (Å²) in [6.45, 7) is 0.324. The number of aromatic nitrogens is 4. The third-order valence-electron chi connectivity index (χ3n) is 5.66. The van der Waals surface area contributed by atoms with Crippen LogP contribution in [0.5, 0.6) is 0 Å². The lowest BCUT2D eigenvalue weighted by Crippen LogP contribution is -2.23. The van der Waals surface area contributed by atoms with Crippen LogP contribution in [0.2, 0.25) is 0 Å². The third kappa shape index (κ3) is 4.12. The summed E-state index contributed by atoms with van der Waals surface area (Å²) in [4.78, 5) is 16.7. The molecule has 1 aromatic carbocycles. The topological polar surface area (TPSA) is 85.8 Å². The summed E-state index contributed by atoms with van der Waals surface area (Å²) in [5.74, 6) is 0.281. The first-order chi connectivity index (χ1) is 15.3. The molecule has 5 rings (SSSR count). The summed E-state index contributed by atoms with van der Waals surface area (Å²) in [5.41, 5.74) is 4.09. The van der Waals surface area contributed by atoms with Gasteiger partial charge < -0.3 is 9.84 Å². The Hall–Kier alpha value is -3.74. The highest BCUT2D eigenvalue weighted by Gasteiger charge is 2.22. The van der Waals surface area contributed by atoms with E-state index in [2.05, 4.69) is 20.1 Å². The van der Waals surface area contributed by atoms with Crippen molar-refractivity contribution in [3.63, 3.8) is 0 Å². The van der Waals surface area contributed by atoms with Crippen molar-refractivity contribution < 1.29 is 9.32 Å². The average Bonchev–Trinajstić information content (AvgIpc) is 3.59. The molecule has 0 spiro atoms. The first-order valence-electron chi connectivity index (χ1n) is 10.6. The Kier molecular flexibility index (Phi) is 5.31. The Morgan fingerprint density at radius 1 is 1.03 bits per heavy atom. The molecule has 0 radical (unpaired) electrons. The fourth-order valence-electron chi connectivity index (χ4n) is 4.08. The maximum Gasteiger partial charge on any atom is 0.273 e. The molecule has 0 atom stereocenters. The first-order valence-corrected chi connectivity index (χ1v) is 10.6. The predicted molar refractivity (Wildman–Crippen MR) is 116 cm³/mol. The van der Waals surface area contributed by atoms with E-state index in [9.17, 15) is 4.79 Å². The van der Waals surface area contributed by atoms with Crippen molar-refractivity contribution in [2.75, 3.05) is 0 Å². The zero-order chi connectivity index (χ0) is 21.0. The van der Waals surface area contributed by atoms with Crippen molar-refractivity contribution in [2.45, 2.75) is 38.3 Å². The molecule has 1 saturated carbocycles. The van der Waals surface area contributed by atoms with Gasteiger partial charge in [-0.25, -0.2) is 0 Å².